The number of benzene rings is 1. The molecule has 1 saturated carbocycles. The Morgan fingerprint density at radius 1 is 1.13 bits per heavy atom. The average Bonchev–Trinajstić information content (AvgIpc) is 3.38. The molecule has 2 amide bonds. The fraction of sp³-hybridized carbons (Fsp3) is 0.387. The molecule has 3 atom stereocenters. The normalized spacial score (nSPS) is 18.1. The molecule has 3 unspecified atom stereocenters. The standard InChI is InChI=1S/C31H35FN6O6S/c1-17-7-8-33-14-22(17)21-11-19-12-24(34-15-23(19)28(27(21)32)37-30(40)44-31(3,4)5)36-29(39)26-18(2)25(26)20-13-35-38(16-20)9-6-10-45(41,42)43/h7-8,11-16,18,25-26H,6,9-10H2,1-5H3,(H,37,40)(H,34,36,39)(H,41,42,43). The van der Waals surface area contributed by atoms with E-state index in [9.17, 15) is 18.0 Å². The number of nitrogens with zero attached hydrogens (tertiary/aromatic N) is 4. The Bertz CT molecular complexity index is 1890. The van der Waals surface area contributed by atoms with Crippen LogP contribution in [0.15, 0.2) is 49.2 Å². The fourth-order valence-corrected chi connectivity index (χ4v) is 5.97. The van der Waals surface area contributed by atoms with Crippen molar-refractivity contribution in [3.8, 4) is 11.1 Å². The number of halogens is 1. The smallest absolute Gasteiger partial charge is 0.412 e. The minimum absolute atomic E-state index is 0.0276. The van der Waals surface area contributed by atoms with Gasteiger partial charge in [0.2, 0.25) is 5.91 Å². The first-order valence-electron chi connectivity index (χ1n) is 14.4. The van der Waals surface area contributed by atoms with Gasteiger partial charge in [0.1, 0.15) is 11.4 Å². The molecule has 0 radical (unpaired) electrons. The number of amides is 2. The summed E-state index contributed by atoms with van der Waals surface area (Å²) in [7, 11) is -4.04. The van der Waals surface area contributed by atoms with E-state index in [0.29, 0.717) is 22.9 Å². The lowest BCUT2D eigenvalue weighted by Gasteiger charge is -2.21. The SMILES string of the molecule is Cc1ccncc1-c1cc2cc(NC(=O)C3C(C)C3c3cnn(CCCS(=O)(=O)O)c3)ncc2c(NC(=O)OC(C)(C)C)c1F. The number of aromatic nitrogens is 4. The summed E-state index contributed by atoms with van der Waals surface area (Å²) in [6.07, 6.45) is 7.37. The molecule has 0 spiro atoms. The highest BCUT2D eigenvalue weighted by Crippen LogP contribution is 2.54. The monoisotopic (exact) mass is 638 g/mol. The van der Waals surface area contributed by atoms with Crippen molar-refractivity contribution in [3.63, 3.8) is 0 Å². The number of rotatable bonds is 9. The van der Waals surface area contributed by atoms with E-state index in [2.05, 4.69) is 25.7 Å². The van der Waals surface area contributed by atoms with Crippen LogP contribution in [0.1, 0.15) is 51.2 Å². The molecule has 0 bridgehead atoms. The molecule has 3 N–H and O–H groups in total. The lowest BCUT2D eigenvalue weighted by Crippen LogP contribution is -2.27. The van der Waals surface area contributed by atoms with Gasteiger partial charge in [0, 0.05) is 59.7 Å². The summed E-state index contributed by atoms with van der Waals surface area (Å²) in [5, 5.41) is 10.5. The second kappa shape index (κ2) is 12.2. The summed E-state index contributed by atoms with van der Waals surface area (Å²) in [4.78, 5) is 34.5. The van der Waals surface area contributed by atoms with Crippen LogP contribution in [0.3, 0.4) is 0 Å². The number of hydrogen-bond donors (Lipinski definition) is 3. The zero-order chi connectivity index (χ0) is 32.7. The van der Waals surface area contributed by atoms with Gasteiger partial charge in [0.25, 0.3) is 10.1 Å². The van der Waals surface area contributed by atoms with Crippen LogP contribution in [0.25, 0.3) is 21.9 Å². The van der Waals surface area contributed by atoms with Gasteiger partial charge < -0.3 is 10.1 Å². The molecular formula is C31H35FN6O6S. The Morgan fingerprint density at radius 3 is 2.58 bits per heavy atom. The Kier molecular flexibility index (Phi) is 8.64. The molecule has 12 nitrogen and oxygen atoms in total. The highest BCUT2D eigenvalue weighted by Gasteiger charge is 2.53. The van der Waals surface area contributed by atoms with Crippen molar-refractivity contribution < 1.29 is 31.7 Å². The van der Waals surface area contributed by atoms with Gasteiger partial charge in [0.15, 0.2) is 5.82 Å². The highest BCUT2D eigenvalue weighted by atomic mass is 32.2. The van der Waals surface area contributed by atoms with E-state index in [-0.39, 0.29) is 52.9 Å². The molecule has 14 heteroatoms. The lowest BCUT2D eigenvalue weighted by atomic mass is 9.98. The van der Waals surface area contributed by atoms with Gasteiger partial charge in [-0.05, 0) is 74.7 Å². The van der Waals surface area contributed by atoms with Gasteiger partial charge in [-0.3, -0.25) is 24.3 Å². The van der Waals surface area contributed by atoms with E-state index in [4.69, 9.17) is 9.29 Å². The molecule has 45 heavy (non-hydrogen) atoms. The summed E-state index contributed by atoms with van der Waals surface area (Å²) in [6.45, 7) is 9.22. The molecule has 238 valence electrons. The van der Waals surface area contributed by atoms with Gasteiger partial charge in [-0.2, -0.15) is 13.5 Å². The molecule has 1 aliphatic carbocycles. The molecule has 5 rings (SSSR count). The van der Waals surface area contributed by atoms with Gasteiger partial charge in [0.05, 0.1) is 17.6 Å². The zero-order valence-corrected chi connectivity index (χ0v) is 26.4. The summed E-state index contributed by atoms with van der Waals surface area (Å²) >= 11 is 0. The third kappa shape index (κ3) is 7.45. The van der Waals surface area contributed by atoms with Gasteiger partial charge in [-0.15, -0.1) is 0 Å². The maximum atomic E-state index is 16.0. The van der Waals surface area contributed by atoms with E-state index in [1.807, 2.05) is 13.8 Å². The van der Waals surface area contributed by atoms with Crippen LogP contribution in [0.2, 0.25) is 0 Å². The van der Waals surface area contributed by atoms with Crippen LogP contribution in [0.4, 0.5) is 20.7 Å². The summed E-state index contributed by atoms with van der Waals surface area (Å²) in [5.41, 5.74) is 1.49. The maximum Gasteiger partial charge on any atom is 0.412 e. The highest BCUT2D eigenvalue weighted by molar-refractivity contribution is 7.85. The number of hydrogen-bond acceptors (Lipinski definition) is 8. The Hall–Kier alpha value is -4.43. The Balaban J connectivity index is 1.39. The molecule has 3 heterocycles. The second-order valence-electron chi connectivity index (χ2n) is 12.3. The van der Waals surface area contributed by atoms with Gasteiger partial charge >= 0.3 is 6.09 Å². The minimum atomic E-state index is -4.04. The molecular weight excluding hydrogens is 603 g/mol. The lowest BCUT2D eigenvalue weighted by molar-refractivity contribution is -0.117. The van der Waals surface area contributed by atoms with Crippen molar-refractivity contribution in [2.75, 3.05) is 16.4 Å². The zero-order valence-electron chi connectivity index (χ0n) is 25.5. The fourth-order valence-electron chi connectivity index (χ4n) is 5.48. The Morgan fingerprint density at radius 2 is 1.89 bits per heavy atom. The van der Waals surface area contributed by atoms with Crippen LogP contribution in [-0.4, -0.2) is 56.1 Å². The van der Waals surface area contributed by atoms with Crippen LogP contribution in [0.5, 0.6) is 0 Å². The van der Waals surface area contributed by atoms with Crippen molar-refractivity contribution in [2.24, 2.45) is 11.8 Å². The van der Waals surface area contributed by atoms with Crippen molar-refractivity contribution in [2.45, 2.75) is 59.1 Å². The molecule has 0 saturated heterocycles. The molecule has 0 aliphatic heterocycles. The quantitative estimate of drug-likeness (QED) is 0.199. The number of ether oxygens (including phenoxy) is 1. The van der Waals surface area contributed by atoms with E-state index in [0.717, 1.165) is 11.1 Å². The predicted molar refractivity (Wildman–Crippen MR) is 167 cm³/mol. The predicted octanol–water partition coefficient (Wildman–Crippen LogP) is 5.55. The number of fused-ring (bicyclic) bond motifs is 1. The molecule has 4 aromatic rings. The van der Waals surface area contributed by atoms with E-state index in [1.165, 1.54) is 6.20 Å². The van der Waals surface area contributed by atoms with Crippen LogP contribution >= 0.6 is 0 Å². The number of aryl methyl sites for hydroxylation is 2. The van der Waals surface area contributed by atoms with Crippen molar-refractivity contribution in [1.29, 1.82) is 0 Å². The van der Waals surface area contributed by atoms with Crippen LogP contribution < -0.4 is 10.6 Å². The van der Waals surface area contributed by atoms with Gasteiger partial charge in [-0.25, -0.2) is 14.2 Å². The third-order valence-electron chi connectivity index (χ3n) is 7.68. The summed E-state index contributed by atoms with van der Waals surface area (Å²) in [6, 6.07) is 5.01. The van der Waals surface area contributed by atoms with Crippen LogP contribution in [0, 0.1) is 24.6 Å². The first kappa shape index (κ1) is 32.0. The average molecular weight is 639 g/mol. The number of pyridine rings is 2. The van der Waals surface area contributed by atoms with Crippen molar-refractivity contribution in [1.82, 2.24) is 19.7 Å². The molecule has 1 fully saturated rings. The van der Waals surface area contributed by atoms with Crippen molar-refractivity contribution in [3.05, 3.63) is 66.1 Å². The molecule has 1 aromatic carbocycles. The third-order valence-corrected chi connectivity index (χ3v) is 8.48. The number of carbonyl (C=O) groups excluding carboxylic acids is 2. The van der Waals surface area contributed by atoms with E-state index in [1.54, 1.807) is 68.4 Å². The van der Waals surface area contributed by atoms with E-state index >= 15 is 4.39 Å². The minimum Gasteiger partial charge on any atom is -0.444 e. The summed E-state index contributed by atoms with van der Waals surface area (Å²) in [5.74, 6) is -1.41. The van der Waals surface area contributed by atoms with Gasteiger partial charge in [-0.1, -0.05) is 6.92 Å². The maximum absolute atomic E-state index is 16.0. The van der Waals surface area contributed by atoms with E-state index < -0.39 is 27.6 Å². The van der Waals surface area contributed by atoms with Crippen LogP contribution in [-0.2, 0) is 26.2 Å². The number of carbonyl (C=O) groups is 2. The first-order valence-corrected chi connectivity index (χ1v) is 16.0. The second-order valence-corrected chi connectivity index (χ2v) is 13.9. The topological polar surface area (TPSA) is 165 Å². The number of nitrogens with one attached hydrogen (secondary N) is 2. The molecule has 1 aliphatic rings. The first-order chi connectivity index (χ1) is 21.1. The Labute approximate surface area is 260 Å². The number of anilines is 2. The largest absolute Gasteiger partial charge is 0.444 e. The van der Waals surface area contributed by atoms with Crippen molar-refractivity contribution >= 4 is 44.4 Å². The summed E-state index contributed by atoms with van der Waals surface area (Å²) < 4.78 is 53.9. The molecule has 3 aromatic heterocycles.